The third-order valence-electron chi connectivity index (χ3n) is 6.08. The fourth-order valence-electron chi connectivity index (χ4n) is 4.32. The Morgan fingerprint density at radius 3 is 2.29 bits per heavy atom. The molecule has 7 heteroatoms. The molecule has 3 fully saturated rings. The third kappa shape index (κ3) is 4.18. The molecule has 2 amide bonds. The number of halogens is 2. The lowest BCUT2D eigenvalue weighted by Crippen LogP contribution is -2.54. The minimum atomic E-state index is -0.525. The fraction of sp³-hybridized carbons (Fsp3) is 0.619. The number of hydrogen-bond donors (Lipinski definition) is 0. The molecule has 4 rings (SSSR count). The maximum absolute atomic E-state index is 13.4. The van der Waals surface area contributed by atoms with Crippen LogP contribution in [0.1, 0.15) is 48.9 Å². The standard InChI is InChI=1S/C21H26ClFN2O3/c22-18-13-15(3-4-19(18)23)20(26)24-9-5-16(6-10-24)25(21(27)14-1-2-14)17-7-11-28-12-8-17/h3-4,13-14,16-17H,1-2,5-12H2. The first-order valence-electron chi connectivity index (χ1n) is 10.2. The van der Waals surface area contributed by atoms with E-state index in [4.69, 9.17) is 16.3 Å². The van der Waals surface area contributed by atoms with E-state index in [0.717, 1.165) is 38.5 Å². The molecular weight excluding hydrogens is 383 g/mol. The van der Waals surface area contributed by atoms with Gasteiger partial charge in [0, 0.05) is 49.9 Å². The van der Waals surface area contributed by atoms with E-state index in [0.29, 0.717) is 37.8 Å². The van der Waals surface area contributed by atoms with Crippen LogP contribution in [0.2, 0.25) is 5.02 Å². The smallest absolute Gasteiger partial charge is 0.253 e. The van der Waals surface area contributed by atoms with E-state index in [1.54, 1.807) is 4.90 Å². The zero-order valence-electron chi connectivity index (χ0n) is 15.9. The molecule has 3 aliphatic rings. The van der Waals surface area contributed by atoms with Gasteiger partial charge in [-0.05, 0) is 56.7 Å². The number of benzene rings is 1. The predicted molar refractivity (Wildman–Crippen MR) is 104 cm³/mol. The van der Waals surface area contributed by atoms with Gasteiger partial charge in [-0.15, -0.1) is 0 Å². The summed E-state index contributed by atoms with van der Waals surface area (Å²) < 4.78 is 18.8. The van der Waals surface area contributed by atoms with Gasteiger partial charge < -0.3 is 14.5 Å². The van der Waals surface area contributed by atoms with E-state index in [-0.39, 0.29) is 28.9 Å². The lowest BCUT2D eigenvalue weighted by atomic mass is 9.96. The zero-order chi connectivity index (χ0) is 19.7. The third-order valence-corrected chi connectivity index (χ3v) is 6.37. The number of hydrogen-bond acceptors (Lipinski definition) is 3. The summed E-state index contributed by atoms with van der Waals surface area (Å²) >= 11 is 5.82. The minimum Gasteiger partial charge on any atom is -0.381 e. The number of likely N-dealkylation sites (tertiary alicyclic amines) is 1. The van der Waals surface area contributed by atoms with Crippen LogP contribution in [0.15, 0.2) is 18.2 Å². The van der Waals surface area contributed by atoms with Crippen LogP contribution in [0, 0.1) is 11.7 Å². The van der Waals surface area contributed by atoms with Gasteiger partial charge in [0.25, 0.3) is 5.91 Å². The molecule has 0 radical (unpaired) electrons. The maximum Gasteiger partial charge on any atom is 0.253 e. The molecule has 1 saturated carbocycles. The van der Waals surface area contributed by atoms with Crippen molar-refractivity contribution in [3.63, 3.8) is 0 Å². The second-order valence-corrected chi connectivity index (χ2v) is 8.42. The van der Waals surface area contributed by atoms with Gasteiger partial charge in [-0.3, -0.25) is 9.59 Å². The van der Waals surface area contributed by atoms with Crippen LogP contribution in [0.3, 0.4) is 0 Å². The molecular formula is C21H26ClFN2O3. The fourth-order valence-corrected chi connectivity index (χ4v) is 4.50. The van der Waals surface area contributed by atoms with Crippen molar-refractivity contribution in [2.24, 2.45) is 5.92 Å². The molecule has 1 aliphatic carbocycles. The van der Waals surface area contributed by atoms with Crippen LogP contribution in [0.4, 0.5) is 4.39 Å². The average molecular weight is 409 g/mol. The normalized spacial score (nSPS) is 21.6. The second-order valence-electron chi connectivity index (χ2n) is 8.02. The Morgan fingerprint density at radius 2 is 1.68 bits per heavy atom. The van der Waals surface area contributed by atoms with Gasteiger partial charge in [0.2, 0.25) is 5.91 Å². The highest BCUT2D eigenvalue weighted by Gasteiger charge is 2.41. The molecule has 1 aromatic carbocycles. The van der Waals surface area contributed by atoms with Crippen LogP contribution in [0.25, 0.3) is 0 Å². The van der Waals surface area contributed by atoms with Gasteiger partial charge in [-0.1, -0.05) is 11.6 Å². The molecule has 2 saturated heterocycles. The monoisotopic (exact) mass is 408 g/mol. The summed E-state index contributed by atoms with van der Waals surface area (Å²) in [7, 11) is 0. The Hall–Kier alpha value is -1.66. The Morgan fingerprint density at radius 1 is 1.04 bits per heavy atom. The van der Waals surface area contributed by atoms with Crippen LogP contribution in [-0.2, 0) is 9.53 Å². The molecule has 5 nitrogen and oxygen atoms in total. The lowest BCUT2D eigenvalue weighted by Gasteiger charge is -2.44. The predicted octanol–water partition coefficient (Wildman–Crippen LogP) is 3.50. The van der Waals surface area contributed by atoms with E-state index in [9.17, 15) is 14.0 Å². The van der Waals surface area contributed by atoms with Crippen molar-refractivity contribution in [2.45, 2.75) is 50.6 Å². The van der Waals surface area contributed by atoms with Crippen molar-refractivity contribution in [1.29, 1.82) is 0 Å². The van der Waals surface area contributed by atoms with Crippen molar-refractivity contribution in [2.75, 3.05) is 26.3 Å². The first-order chi connectivity index (χ1) is 13.5. The van der Waals surface area contributed by atoms with Crippen molar-refractivity contribution >= 4 is 23.4 Å². The Bertz CT molecular complexity index is 741. The largest absolute Gasteiger partial charge is 0.381 e. The summed E-state index contributed by atoms with van der Waals surface area (Å²) in [5, 5.41) is -0.0403. The molecule has 0 unspecified atom stereocenters. The van der Waals surface area contributed by atoms with E-state index < -0.39 is 5.82 Å². The van der Waals surface area contributed by atoms with E-state index in [2.05, 4.69) is 4.90 Å². The van der Waals surface area contributed by atoms with Gasteiger partial charge in [0.1, 0.15) is 5.82 Å². The van der Waals surface area contributed by atoms with Crippen molar-refractivity contribution in [3.05, 3.63) is 34.6 Å². The molecule has 0 aromatic heterocycles. The van der Waals surface area contributed by atoms with E-state index in [1.807, 2.05) is 0 Å². The van der Waals surface area contributed by atoms with Crippen molar-refractivity contribution in [3.8, 4) is 0 Å². The number of ether oxygens (including phenoxy) is 1. The number of amides is 2. The molecule has 28 heavy (non-hydrogen) atoms. The van der Waals surface area contributed by atoms with Crippen LogP contribution in [-0.4, -0.2) is 60.0 Å². The molecule has 0 spiro atoms. The zero-order valence-corrected chi connectivity index (χ0v) is 16.7. The number of nitrogens with zero attached hydrogens (tertiary/aromatic N) is 2. The van der Waals surface area contributed by atoms with Gasteiger partial charge in [-0.25, -0.2) is 4.39 Å². The minimum absolute atomic E-state index is 0.0403. The SMILES string of the molecule is O=C(c1ccc(F)c(Cl)c1)N1CCC(N(C(=O)C2CC2)C2CCOCC2)CC1. The van der Waals surface area contributed by atoms with Crippen LogP contribution >= 0.6 is 11.6 Å². The van der Waals surface area contributed by atoms with Gasteiger partial charge >= 0.3 is 0 Å². The molecule has 0 N–H and O–H groups in total. The van der Waals surface area contributed by atoms with Crippen molar-refractivity contribution < 1.29 is 18.7 Å². The quantitative estimate of drug-likeness (QED) is 0.766. The van der Waals surface area contributed by atoms with Gasteiger partial charge in [-0.2, -0.15) is 0 Å². The first-order valence-corrected chi connectivity index (χ1v) is 10.6. The van der Waals surface area contributed by atoms with Gasteiger partial charge in [0.05, 0.1) is 5.02 Å². The maximum atomic E-state index is 13.4. The molecule has 1 aromatic rings. The molecule has 0 bridgehead atoms. The molecule has 2 aliphatic heterocycles. The summed E-state index contributed by atoms with van der Waals surface area (Å²) in [5.41, 5.74) is 0.403. The Labute approximate surface area is 169 Å². The Balaban J connectivity index is 1.41. The summed E-state index contributed by atoms with van der Waals surface area (Å²) in [6, 6.07) is 4.52. The molecule has 0 atom stereocenters. The summed E-state index contributed by atoms with van der Waals surface area (Å²) in [4.78, 5) is 29.6. The highest BCUT2D eigenvalue weighted by molar-refractivity contribution is 6.31. The topological polar surface area (TPSA) is 49.9 Å². The summed E-state index contributed by atoms with van der Waals surface area (Å²) in [6.07, 6.45) is 5.34. The molecule has 152 valence electrons. The lowest BCUT2D eigenvalue weighted by molar-refractivity contribution is -0.141. The number of piperidine rings is 1. The average Bonchev–Trinajstić information content (AvgIpc) is 3.56. The first kappa shape index (κ1) is 19.6. The highest BCUT2D eigenvalue weighted by Crippen LogP contribution is 2.35. The van der Waals surface area contributed by atoms with Gasteiger partial charge in [0.15, 0.2) is 0 Å². The molecule has 2 heterocycles. The summed E-state index contributed by atoms with van der Waals surface area (Å²) in [6.45, 7) is 2.61. The number of carbonyl (C=O) groups excluding carboxylic acids is 2. The Kier molecular flexibility index (Phi) is 5.88. The van der Waals surface area contributed by atoms with Crippen LogP contribution in [0.5, 0.6) is 0 Å². The number of rotatable bonds is 4. The van der Waals surface area contributed by atoms with E-state index >= 15 is 0 Å². The van der Waals surface area contributed by atoms with Crippen molar-refractivity contribution in [1.82, 2.24) is 9.80 Å². The van der Waals surface area contributed by atoms with E-state index in [1.165, 1.54) is 18.2 Å². The number of carbonyl (C=O) groups is 2. The van der Waals surface area contributed by atoms with Crippen LogP contribution < -0.4 is 0 Å². The highest BCUT2D eigenvalue weighted by atomic mass is 35.5. The summed E-state index contributed by atoms with van der Waals surface area (Å²) in [5.74, 6) is -0.167. The second kappa shape index (κ2) is 8.37.